The molecular weight excluding hydrogens is 488 g/mol. The summed E-state index contributed by atoms with van der Waals surface area (Å²) >= 11 is 0. The molecule has 37 heavy (non-hydrogen) atoms. The largest absolute Gasteiger partial charge is 0.387 e. The first-order chi connectivity index (χ1) is 17.7. The molecule has 0 aliphatic carbocycles. The number of nitrogens with zero attached hydrogens (tertiary/aromatic N) is 4. The Morgan fingerprint density at radius 3 is 2.27 bits per heavy atom. The Kier molecular flexibility index (Phi) is 7.42. The zero-order valence-electron chi connectivity index (χ0n) is 20.5. The molecule has 1 fully saturated rings. The molecular formula is C26H26F4N6O. The SMILES string of the molecule is CC[C@H]1C/C(=C(/NC)c2cc(F)c(F)c(F)c2)C(=N)[C@@H](CC)N1C(=O)c1cc(F)ccc1-n1nccn1. The van der Waals surface area contributed by atoms with Crippen LogP contribution in [0.25, 0.3) is 11.4 Å². The number of hydrogen-bond acceptors (Lipinski definition) is 5. The van der Waals surface area contributed by atoms with Crippen LogP contribution in [0, 0.1) is 28.7 Å². The number of benzene rings is 2. The van der Waals surface area contributed by atoms with E-state index in [0.29, 0.717) is 24.1 Å². The van der Waals surface area contributed by atoms with Gasteiger partial charge < -0.3 is 15.6 Å². The molecule has 0 unspecified atom stereocenters. The van der Waals surface area contributed by atoms with Gasteiger partial charge >= 0.3 is 0 Å². The van der Waals surface area contributed by atoms with Gasteiger partial charge in [0, 0.05) is 29.9 Å². The van der Waals surface area contributed by atoms with Crippen LogP contribution in [0.2, 0.25) is 0 Å². The number of aromatic nitrogens is 3. The van der Waals surface area contributed by atoms with Gasteiger partial charge in [-0.05, 0) is 49.6 Å². The lowest BCUT2D eigenvalue weighted by molar-refractivity contribution is 0.0606. The molecule has 3 aromatic rings. The van der Waals surface area contributed by atoms with Gasteiger partial charge in [-0.1, -0.05) is 13.8 Å². The van der Waals surface area contributed by atoms with Crippen LogP contribution in [0.5, 0.6) is 0 Å². The van der Waals surface area contributed by atoms with Gasteiger partial charge in [-0.15, -0.1) is 0 Å². The lowest BCUT2D eigenvalue weighted by atomic mass is 9.83. The summed E-state index contributed by atoms with van der Waals surface area (Å²) in [6, 6.07) is 4.38. The van der Waals surface area contributed by atoms with Crippen LogP contribution in [-0.2, 0) is 0 Å². The zero-order chi connectivity index (χ0) is 26.9. The summed E-state index contributed by atoms with van der Waals surface area (Å²) in [5.41, 5.74) is 1.21. The van der Waals surface area contributed by atoms with E-state index in [1.165, 1.54) is 29.3 Å². The highest BCUT2D eigenvalue weighted by Crippen LogP contribution is 2.35. The number of carbonyl (C=O) groups excluding carboxylic acids is 1. The number of hydrogen-bond donors (Lipinski definition) is 2. The third kappa shape index (κ3) is 4.73. The van der Waals surface area contributed by atoms with Crippen molar-refractivity contribution >= 4 is 17.3 Å². The third-order valence-corrected chi connectivity index (χ3v) is 6.57. The van der Waals surface area contributed by atoms with E-state index in [1.807, 2.05) is 13.8 Å². The van der Waals surface area contributed by atoms with Crippen molar-refractivity contribution in [2.24, 2.45) is 0 Å². The molecule has 7 nitrogen and oxygen atoms in total. The van der Waals surface area contributed by atoms with Gasteiger partial charge in [-0.2, -0.15) is 15.0 Å². The highest BCUT2D eigenvalue weighted by atomic mass is 19.2. The number of piperidine rings is 1. The zero-order valence-corrected chi connectivity index (χ0v) is 20.5. The van der Waals surface area contributed by atoms with E-state index in [0.717, 1.165) is 18.2 Å². The maximum Gasteiger partial charge on any atom is 0.257 e. The molecule has 0 bridgehead atoms. The molecule has 1 aliphatic rings. The molecule has 4 rings (SSSR count). The van der Waals surface area contributed by atoms with E-state index in [4.69, 9.17) is 5.41 Å². The van der Waals surface area contributed by atoms with Gasteiger partial charge in [-0.3, -0.25) is 4.79 Å². The Hall–Kier alpha value is -4.02. The fraction of sp³-hybridized carbons (Fsp3) is 0.308. The van der Waals surface area contributed by atoms with Crippen molar-refractivity contribution < 1.29 is 22.4 Å². The van der Waals surface area contributed by atoms with Crippen molar-refractivity contribution in [3.05, 3.63) is 82.7 Å². The van der Waals surface area contributed by atoms with Crippen molar-refractivity contribution in [3.63, 3.8) is 0 Å². The van der Waals surface area contributed by atoms with E-state index in [2.05, 4.69) is 15.5 Å². The molecule has 11 heteroatoms. The highest BCUT2D eigenvalue weighted by Gasteiger charge is 2.40. The van der Waals surface area contributed by atoms with Crippen molar-refractivity contribution in [2.75, 3.05) is 7.05 Å². The Labute approximate surface area is 211 Å². The lowest BCUT2D eigenvalue weighted by Gasteiger charge is -2.44. The average molecular weight is 515 g/mol. The summed E-state index contributed by atoms with van der Waals surface area (Å²) in [7, 11) is 1.55. The van der Waals surface area contributed by atoms with E-state index in [-0.39, 0.29) is 29.0 Å². The highest BCUT2D eigenvalue weighted by molar-refractivity contribution is 6.11. The van der Waals surface area contributed by atoms with Crippen molar-refractivity contribution in [3.8, 4) is 5.69 Å². The first kappa shape index (κ1) is 26.1. The van der Waals surface area contributed by atoms with Crippen LogP contribution in [0.15, 0.2) is 48.3 Å². The average Bonchev–Trinajstić information content (AvgIpc) is 3.42. The van der Waals surface area contributed by atoms with Crippen molar-refractivity contribution in [1.82, 2.24) is 25.2 Å². The maximum atomic E-state index is 14.3. The molecule has 1 amide bonds. The minimum atomic E-state index is -1.57. The van der Waals surface area contributed by atoms with E-state index in [9.17, 15) is 22.4 Å². The van der Waals surface area contributed by atoms with Crippen LogP contribution in [0.3, 0.4) is 0 Å². The van der Waals surface area contributed by atoms with Gasteiger partial charge in [0.25, 0.3) is 5.91 Å². The summed E-state index contributed by atoms with van der Waals surface area (Å²) in [6.07, 6.45) is 3.93. The van der Waals surface area contributed by atoms with Crippen LogP contribution in [0.4, 0.5) is 17.6 Å². The summed E-state index contributed by atoms with van der Waals surface area (Å²) < 4.78 is 55.9. The molecule has 1 saturated heterocycles. The Bertz CT molecular complexity index is 1350. The summed E-state index contributed by atoms with van der Waals surface area (Å²) in [5, 5.41) is 20.0. The topological polar surface area (TPSA) is 86.9 Å². The molecule has 2 aromatic carbocycles. The fourth-order valence-corrected chi connectivity index (χ4v) is 4.83. The van der Waals surface area contributed by atoms with Gasteiger partial charge in [0.15, 0.2) is 17.5 Å². The number of likely N-dealkylation sites (tertiary alicyclic amines) is 1. The van der Waals surface area contributed by atoms with Crippen LogP contribution < -0.4 is 5.32 Å². The van der Waals surface area contributed by atoms with Crippen LogP contribution in [0.1, 0.15) is 49.0 Å². The first-order valence-electron chi connectivity index (χ1n) is 11.8. The second kappa shape index (κ2) is 10.5. The number of rotatable bonds is 6. The minimum absolute atomic E-state index is 0.0462. The van der Waals surface area contributed by atoms with Crippen LogP contribution >= 0.6 is 0 Å². The molecule has 2 N–H and O–H groups in total. The quantitative estimate of drug-likeness (QED) is 0.363. The number of carbonyl (C=O) groups is 1. The Balaban J connectivity index is 1.81. The number of nitrogens with one attached hydrogen (secondary N) is 2. The molecule has 1 aliphatic heterocycles. The monoisotopic (exact) mass is 514 g/mol. The summed E-state index contributed by atoms with van der Waals surface area (Å²) in [4.78, 5) is 16.7. The van der Waals surface area contributed by atoms with Crippen LogP contribution in [-0.4, -0.2) is 50.6 Å². The standard InChI is InChI=1S/C26H26F4N6O/c1-4-16-13-18(25(32-3)14-10-19(28)23(30)20(29)11-14)24(31)21(5-2)35(16)26(37)17-12-15(27)6-7-22(17)36-33-8-9-34-36/h6-12,16,21,31-32H,4-5,13H2,1-3H3/b25-18-,31-24?/t16-,21+/m0/s1. The second-order valence-electron chi connectivity index (χ2n) is 8.65. The normalized spacial score (nSPS) is 19.2. The van der Waals surface area contributed by atoms with Gasteiger partial charge in [0.1, 0.15) is 5.82 Å². The van der Waals surface area contributed by atoms with Crippen molar-refractivity contribution in [1.29, 1.82) is 5.41 Å². The Morgan fingerprint density at radius 2 is 1.70 bits per heavy atom. The predicted molar refractivity (Wildman–Crippen MR) is 130 cm³/mol. The fourth-order valence-electron chi connectivity index (χ4n) is 4.83. The number of halogens is 4. The molecule has 1 aromatic heterocycles. The van der Waals surface area contributed by atoms with Gasteiger partial charge in [-0.25, -0.2) is 17.6 Å². The summed E-state index contributed by atoms with van der Waals surface area (Å²) in [5.74, 6) is -5.35. The minimum Gasteiger partial charge on any atom is -0.387 e. The van der Waals surface area contributed by atoms with E-state index < -0.39 is 41.3 Å². The molecule has 0 spiro atoms. The molecule has 2 heterocycles. The van der Waals surface area contributed by atoms with Gasteiger partial charge in [0.05, 0.1) is 35.4 Å². The summed E-state index contributed by atoms with van der Waals surface area (Å²) in [6.45, 7) is 3.69. The lowest BCUT2D eigenvalue weighted by Crippen LogP contribution is -2.55. The molecule has 194 valence electrons. The van der Waals surface area contributed by atoms with E-state index >= 15 is 0 Å². The molecule has 2 atom stereocenters. The molecule has 0 saturated carbocycles. The molecule has 0 radical (unpaired) electrons. The predicted octanol–water partition coefficient (Wildman–Crippen LogP) is 4.88. The van der Waals surface area contributed by atoms with Gasteiger partial charge in [0.2, 0.25) is 0 Å². The smallest absolute Gasteiger partial charge is 0.257 e. The first-order valence-corrected chi connectivity index (χ1v) is 11.8. The number of amides is 1. The third-order valence-electron chi connectivity index (χ3n) is 6.57. The maximum absolute atomic E-state index is 14.3. The second-order valence-corrected chi connectivity index (χ2v) is 8.65. The van der Waals surface area contributed by atoms with E-state index in [1.54, 1.807) is 11.9 Å². The van der Waals surface area contributed by atoms with Crippen molar-refractivity contribution in [2.45, 2.75) is 45.2 Å². The Morgan fingerprint density at radius 1 is 1.05 bits per heavy atom.